The fraction of sp³-hybridized carbons (Fsp3) is 0.167. The van der Waals surface area contributed by atoms with Crippen LogP contribution in [0.3, 0.4) is 0 Å². The molecule has 1 atom stereocenters. The molecule has 0 radical (unpaired) electrons. The van der Waals surface area contributed by atoms with Crippen LogP contribution < -0.4 is 4.74 Å². The number of hydrogen-bond acceptors (Lipinski definition) is 4. The van der Waals surface area contributed by atoms with Crippen LogP contribution >= 0.6 is 0 Å². The normalized spacial score (nSPS) is 11.3. The molecule has 0 fully saturated rings. The van der Waals surface area contributed by atoms with Crippen molar-refractivity contribution in [3.63, 3.8) is 0 Å². The molecule has 0 saturated carbocycles. The van der Waals surface area contributed by atoms with Gasteiger partial charge in [0.2, 0.25) is 6.29 Å². The Morgan fingerprint density at radius 3 is 2.55 bits per heavy atom. The van der Waals surface area contributed by atoms with E-state index in [1.165, 1.54) is 6.26 Å². The summed E-state index contributed by atoms with van der Waals surface area (Å²) in [6, 6.07) is 16.4. The minimum absolute atomic E-state index is 0.215. The average Bonchev–Trinajstić information content (AvgIpc) is 2.54. The van der Waals surface area contributed by atoms with Gasteiger partial charge in [0.25, 0.3) is 0 Å². The lowest BCUT2D eigenvalue weighted by molar-refractivity contribution is -0.0142. The van der Waals surface area contributed by atoms with Crippen LogP contribution in [0.4, 0.5) is 0 Å². The van der Waals surface area contributed by atoms with Gasteiger partial charge in [0.15, 0.2) is 0 Å². The Hall–Kier alpha value is -2.75. The fourth-order valence-corrected chi connectivity index (χ4v) is 1.88. The van der Waals surface area contributed by atoms with Crippen molar-refractivity contribution < 1.29 is 19.0 Å². The van der Waals surface area contributed by atoms with Crippen LogP contribution in [0.15, 0.2) is 67.4 Å². The maximum absolute atomic E-state index is 12.2. The quantitative estimate of drug-likeness (QED) is 0.441. The van der Waals surface area contributed by atoms with Crippen molar-refractivity contribution in [1.82, 2.24) is 0 Å². The molecule has 0 amide bonds. The molecule has 0 aromatic heterocycles. The zero-order valence-corrected chi connectivity index (χ0v) is 12.4. The van der Waals surface area contributed by atoms with E-state index >= 15 is 0 Å². The first-order valence-electron chi connectivity index (χ1n) is 6.94. The average molecular weight is 298 g/mol. The van der Waals surface area contributed by atoms with Crippen LogP contribution in [0, 0.1) is 0 Å². The van der Waals surface area contributed by atoms with Crippen LogP contribution in [0.5, 0.6) is 5.75 Å². The Labute approximate surface area is 129 Å². The maximum atomic E-state index is 12.2. The summed E-state index contributed by atoms with van der Waals surface area (Å²) in [5, 5.41) is 0. The van der Waals surface area contributed by atoms with E-state index in [9.17, 15) is 4.79 Å². The highest BCUT2D eigenvalue weighted by Gasteiger charge is 2.15. The van der Waals surface area contributed by atoms with Gasteiger partial charge in [-0.1, -0.05) is 49.0 Å². The van der Waals surface area contributed by atoms with Crippen molar-refractivity contribution >= 4 is 5.97 Å². The molecule has 114 valence electrons. The summed E-state index contributed by atoms with van der Waals surface area (Å²) in [7, 11) is 0. The minimum atomic E-state index is -0.541. The van der Waals surface area contributed by atoms with Gasteiger partial charge in [-0.3, -0.25) is 0 Å². The molecule has 0 saturated heterocycles. The van der Waals surface area contributed by atoms with E-state index in [0.29, 0.717) is 11.3 Å². The summed E-state index contributed by atoms with van der Waals surface area (Å²) >= 11 is 0. The monoisotopic (exact) mass is 298 g/mol. The van der Waals surface area contributed by atoms with E-state index < -0.39 is 12.3 Å². The smallest absolute Gasteiger partial charge is 0.342 e. The second-order valence-corrected chi connectivity index (χ2v) is 4.55. The van der Waals surface area contributed by atoms with Gasteiger partial charge >= 0.3 is 5.97 Å². The number of benzene rings is 2. The minimum Gasteiger partial charge on any atom is -0.463 e. The first-order valence-corrected chi connectivity index (χ1v) is 6.94. The van der Waals surface area contributed by atoms with E-state index in [1.54, 1.807) is 31.2 Å². The van der Waals surface area contributed by atoms with Gasteiger partial charge in [-0.2, -0.15) is 0 Å². The van der Waals surface area contributed by atoms with Gasteiger partial charge in [0, 0.05) is 6.92 Å². The van der Waals surface area contributed by atoms with Crippen molar-refractivity contribution in [1.29, 1.82) is 0 Å². The molecule has 2 aromatic carbocycles. The van der Waals surface area contributed by atoms with Crippen molar-refractivity contribution in [3.05, 3.63) is 78.6 Å². The standard InChI is InChI=1S/C18H18O4/c1-3-20-14(2)22-17-12-8-7-11-16(17)18(19)21-13-15-9-5-4-6-10-15/h3-12,14H,1,13H2,2H3. The predicted octanol–water partition coefficient (Wildman–Crippen LogP) is 3.93. The van der Waals surface area contributed by atoms with Gasteiger partial charge < -0.3 is 14.2 Å². The number of esters is 1. The Morgan fingerprint density at radius 1 is 1.14 bits per heavy atom. The molecular weight excluding hydrogens is 280 g/mol. The van der Waals surface area contributed by atoms with Crippen molar-refractivity contribution in [2.45, 2.75) is 19.8 Å². The van der Waals surface area contributed by atoms with Crippen molar-refractivity contribution in [2.75, 3.05) is 0 Å². The van der Waals surface area contributed by atoms with E-state index in [0.717, 1.165) is 5.56 Å². The highest BCUT2D eigenvalue weighted by molar-refractivity contribution is 5.92. The number of hydrogen-bond donors (Lipinski definition) is 0. The number of rotatable bonds is 7. The molecule has 2 rings (SSSR count). The first-order chi connectivity index (χ1) is 10.7. The SMILES string of the molecule is C=COC(C)Oc1ccccc1C(=O)OCc1ccccc1. The highest BCUT2D eigenvalue weighted by Crippen LogP contribution is 2.21. The lowest BCUT2D eigenvalue weighted by atomic mass is 10.2. The first kappa shape index (κ1) is 15.6. The molecule has 4 heteroatoms. The van der Waals surface area contributed by atoms with Gasteiger partial charge in [0.1, 0.15) is 17.9 Å². The number of carbonyl (C=O) groups is 1. The molecule has 0 aliphatic heterocycles. The van der Waals surface area contributed by atoms with E-state index in [2.05, 4.69) is 6.58 Å². The lowest BCUT2D eigenvalue weighted by Gasteiger charge is -2.16. The molecule has 0 spiro atoms. The summed E-state index contributed by atoms with van der Waals surface area (Å²) in [6.07, 6.45) is 0.752. The summed E-state index contributed by atoms with van der Waals surface area (Å²) in [5.74, 6) is -0.0276. The van der Waals surface area contributed by atoms with Crippen LogP contribution in [0.2, 0.25) is 0 Å². The molecule has 2 aromatic rings. The van der Waals surface area contributed by atoms with Gasteiger partial charge in [-0.25, -0.2) is 4.79 Å². The zero-order valence-electron chi connectivity index (χ0n) is 12.4. The Balaban J connectivity index is 2.04. The second kappa shape index (κ2) is 7.88. The molecule has 1 unspecified atom stereocenters. The summed E-state index contributed by atoms with van der Waals surface area (Å²) in [6.45, 7) is 5.40. The Kier molecular flexibility index (Phi) is 5.60. The van der Waals surface area contributed by atoms with Crippen LogP contribution in [0.25, 0.3) is 0 Å². The lowest BCUT2D eigenvalue weighted by Crippen LogP contribution is -2.16. The Bertz CT molecular complexity index is 622. The van der Waals surface area contributed by atoms with Gasteiger partial charge in [-0.05, 0) is 17.7 Å². The largest absolute Gasteiger partial charge is 0.463 e. The molecule has 22 heavy (non-hydrogen) atoms. The molecule has 0 bridgehead atoms. The number of carbonyl (C=O) groups excluding carboxylic acids is 1. The molecule has 4 nitrogen and oxygen atoms in total. The topological polar surface area (TPSA) is 44.8 Å². The number of ether oxygens (including phenoxy) is 3. The molecule has 0 aliphatic carbocycles. The molecule has 0 N–H and O–H groups in total. The third kappa shape index (κ3) is 4.38. The fourth-order valence-electron chi connectivity index (χ4n) is 1.88. The highest BCUT2D eigenvalue weighted by atomic mass is 16.7. The second-order valence-electron chi connectivity index (χ2n) is 4.55. The van der Waals surface area contributed by atoms with Gasteiger partial charge in [-0.15, -0.1) is 0 Å². The molecule has 0 aliphatic rings. The number of para-hydroxylation sites is 1. The van der Waals surface area contributed by atoms with Crippen molar-refractivity contribution in [3.8, 4) is 5.75 Å². The zero-order chi connectivity index (χ0) is 15.8. The van der Waals surface area contributed by atoms with E-state index in [1.807, 2.05) is 30.3 Å². The van der Waals surface area contributed by atoms with Crippen LogP contribution in [0.1, 0.15) is 22.8 Å². The Morgan fingerprint density at radius 2 is 1.82 bits per heavy atom. The van der Waals surface area contributed by atoms with E-state index in [-0.39, 0.29) is 6.61 Å². The predicted molar refractivity (Wildman–Crippen MR) is 83.4 cm³/mol. The maximum Gasteiger partial charge on any atom is 0.342 e. The summed E-state index contributed by atoms with van der Waals surface area (Å²) in [5.41, 5.74) is 1.29. The summed E-state index contributed by atoms with van der Waals surface area (Å²) in [4.78, 5) is 12.2. The molecule has 0 heterocycles. The van der Waals surface area contributed by atoms with Gasteiger partial charge in [0.05, 0.1) is 6.26 Å². The van der Waals surface area contributed by atoms with Crippen molar-refractivity contribution in [2.24, 2.45) is 0 Å². The third-order valence-electron chi connectivity index (χ3n) is 2.90. The molecular formula is C18H18O4. The van der Waals surface area contributed by atoms with Crippen LogP contribution in [-0.4, -0.2) is 12.3 Å². The summed E-state index contributed by atoms with van der Waals surface area (Å²) < 4.78 is 16.0. The van der Waals surface area contributed by atoms with E-state index in [4.69, 9.17) is 14.2 Å². The van der Waals surface area contributed by atoms with Crippen LogP contribution in [-0.2, 0) is 16.1 Å². The third-order valence-corrected chi connectivity index (χ3v) is 2.90.